The van der Waals surface area contributed by atoms with Gasteiger partial charge in [-0.2, -0.15) is 0 Å². The second kappa shape index (κ2) is 9.37. The first-order valence-electron chi connectivity index (χ1n) is 7.65. The summed E-state index contributed by atoms with van der Waals surface area (Å²) >= 11 is 0. The number of para-hydroxylation sites is 1. The largest absolute Gasteiger partial charge is 0.494 e. The Labute approximate surface area is 126 Å². The maximum Gasteiger partial charge on any atom is 0.243 e. The third-order valence-electron chi connectivity index (χ3n) is 3.45. The van der Waals surface area contributed by atoms with Gasteiger partial charge in [0.05, 0.1) is 13.2 Å². The summed E-state index contributed by atoms with van der Waals surface area (Å²) in [6.45, 7) is 4.26. The molecule has 0 radical (unpaired) electrons. The van der Waals surface area contributed by atoms with Gasteiger partial charge < -0.3 is 9.64 Å². The van der Waals surface area contributed by atoms with Crippen molar-refractivity contribution in [3.8, 4) is 5.75 Å². The molecular formula is C16H24N2O3. The Morgan fingerprint density at radius 1 is 1.14 bits per heavy atom. The van der Waals surface area contributed by atoms with E-state index < -0.39 is 0 Å². The molecule has 5 nitrogen and oxygen atoms in total. The molecule has 1 amide bonds. The number of nitrogens with zero attached hydrogens (tertiary/aromatic N) is 1. The van der Waals surface area contributed by atoms with Gasteiger partial charge in [0.15, 0.2) is 0 Å². The van der Waals surface area contributed by atoms with Gasteiger partial charge in [-0.05, 0) is 44.5 Å². The van der Waals surface area contributed by atoms with Crippen molar-refractivity contribution in [1.82, 2.24) is 10.4 Å². The molecule has 0 atom stereocenters. The molecule has 5 heteroatoms. The van der Waals surface area contributed by atoms with Crippen molar-refractivity contribution in [3.63, 3.8) is 0 Å². The van der Waals surface area contributed by atoms with Gasteiger partial charge in [0.1, 0.15) is 5.75 Å². The highest BCUT2D eigenvalue weighted by molar-refractivity contribution is 5.74. The summed E-state index contributed by atoms with van der Waals surface area (Å²) in [7, 11) is 0. The first kappa shape index (κ1) is 15.8. The number of carbonyl (C=O) groups is 1. The van der Waals surface area contributed by atoms with Crippen LogP contribution in [0.15, 0.2) is 30.3 Å². The molecule has 1 aliphatic heterocycles. The zero-order valence-corrected chi connectivity index (χ0v) is 12.4. The van der Waals surface area contributed by atoms with E-state index in [2.05, 4.69) is 10.4 Å². The number of hydroxylamine groups is 1. The number of nitrogens with one attached hydrogen (secondary N) is 1. The molecule has 1 aliphatic rings. The summed E-state index contributed by atoms with van der Waals surface area (Å²) in [5, 5.41) is 0. The molecule has 1 aromatic rings. The molecule has 0 aliphatic carbocycles. The number of likely N-dealkylation sites (tertiary alicyclic amines) is 1. The Balaban J connectivity index is 1.44. The SMILES string of the molecule is O=C(CCCOc1ccccc1)NOCCN1CCCC1. The lowest BCUT2D eigenvalue weighted by atomic mass is 10.3. The molecule has 2 rings (SSSR count). The summed E-state index contributed by atoms with van der Waals surface area (Å²) < 4.78 is 5.52. The molecule has 1 heterocycles. The first-order valence-corrected chi connectivity index (χ1v) is 7.65. The maximum atomic E-state index is 11.5. The fraction of sp³-hybridized carbons (Fsp3) is 0.562. The average Bonchev–Trinajstić information content (AvgIpc) is 3.02. The zero-order chi connectivity index (χ0) is 14.8. The van der Waals surface area contributed by atoms with E-state index in [0.29, 0.717) is 26.1 Å². The van der Waals surface area contributed by atoms with Crippen LogP contribution in [0.5, 0.6) is 5.75 Å². The minimum Gasteiger partial charge on any atom is -0.494 e. The summed E-state index contributed by atoms with van der Waals surface area (Å²) in [5.41, 5.74) is 2.48. The first-order chi connectivity index (χ1) is 10.3. The number of hydrogen-bond donors (Lipinski definition) is 1. The molecular weight excluding hydrogens is 268 g/mol. The lowest BCUT2D eigenvalue weighted by Gasteiger charge is -2.14. The van der Waals surface area contributed by atoms with Crippen molar-refractivity contribution in [3.05, 3.63) is 30.3 Å². The standard InChI is InChI=1S/C16H24N2O3/c19-16(17-21-14-12-18-10-4-5-11-18)9-6-13-20-15-7-2-1-3-8-15/h1-3,7-8H,4-6,9-14H2,(H,17,19). The van der Waals surface area contributed by atoms with E-state index in [1.54, 1.807) is 0 Å². The molecule has 1 aromatic carbocycles. The van der Waals surface area contributed by atoms with Crippen LogP contribution in [0, 0.1) is 0 Å². The normalized spacial score (nSPS) is 15.0. The van der Waals surface area contributed by atoms with Gasteiger partial charge in [0.2, 0.25) is 5.91 Å². The molecule has 0 aromatic heterocycles. The van der Waals surface area contributed by atoms with Gasteiger partial charge in [0.25, 0.3) is 0 Å². The molecule has 0 bridgehead atoms. The van der Waals surface area contributed by atoms with Crippen molar-refractivity contribution in [2.24, 2.45) is 0 Å². The number of carbonyl (C=O) groups excluding carboxylic acids is 1. The minimum atomic E-state index is -0.0897. The van der Waals surface area contributed by atoms with Crippen LogP contribution in [0.3, 0.4) is 0 Å². The molecule has 1 N–H and O–H groups in total. The topological polar surface area (TPSA) is 50.8 Å². The van der Waals surface area contributed by atoms with Crippen LogP contribution < -0.4 is 10.2 Å². The van der Waals surface area contributed by atoms with E-state index in [1.807, 2.05) is 30.3 Å². The summed E-state index contributed by atoms with van der Waals surface area (Å²) in [5.74, 6) is 0.743. The summed E-state index contributed by atoms with van der Waals surface area (Å²) in [4.78, 5) is 19.1. The van der Waals surface area contributed by atoms with Crippen LogP contribution in [0.2, 0.25) is 0 Å². The summed E-state index contributed by atoms with van der Waals surface area (Å²) in [6.07, 6.45) is 3.63. The predicted molar refractivity (Wildman–Crippen MR) is 80.9 cm³/mol. The van der Waals surface area contributed by atoms with E-state index in [1.165, 1.54) is 12.8 Å². The highest BCUT2D eigenvalue weighted by Crippen LogP contribution is 2.08. The van der Waals surface area contributed by atoms with E-state index in [0.717, 1.165) is 25.4 Å². The predicted octanol–water partition coefficient (Wildman–Crippen LogP) is 1.99. The average molecular weight is 292 g/mol. The Kier molecular flexibility index (Phi) is 7.04. The third kappa shape index (κ3) is 6.60. The molecule has 0 unspecified atom stereocenters. The van der Waals surface area contributed by atoms with Crippen molar-refractivity contribution in [2.45, 2.75) is 25.7 Å². The fourth-order valence-electron chi connectivity index (χ4n) is 2.30. The quantitative estimate of drug-likeness (QED) is 0.558. The van der Waals surface area contributed by atoms with Crippen LogP contribution in [-0.4, -0.2) is 43.7 Å². The number of hydrogen-bond acceptors (Lipinski definition) is 4. The van der Waals surface area contributed by atoms with Crippen molar-refractivity contribution >= 4 is 5.91 Å². The van der Waals surface area contributed by atoms with Crippen molar-refractivity contribution < 1.29 is 14.4 Å². The van der Waals surface area contributed by atoms with Crippen LogP contribution in [-0.2, 0) is 9.63 Å². The van der Waals surface area contributed by atoms with Gasteiger partial charge >= 0.3 is 0 Å². The van der Waals surface area contributed by atoms with Crippen molar-refractivity contribution in [2.75, 3.05) is 32.8 Å². The van der Waals surface area contributed by atoms with Gasteiger partial charge in [-0.15, -0.1) is 0 Å². The Morgan fingerprint density at radius 3 is 2.67 bits per heavy atom. The number of rotatable bonds is 9. The number of amides is 1. The number of ether oxygens (including phenoxy) is 1. The Bertz CT molecular complexity index is 405. The fourth-order valence-corrected chi connectivity index (χ4v) is 2.30. The summed E-state index contributed by atoms with van der Waals surface area (Å²) in [6, 6.07) is 9.61. The van der Waals surface area contributed by atoms with Crippen LogP contribution in [0.1, 0.15) is 25.7 Å². The van der Waals surface area contributed by atoms with E-state index in [4.69, 9.17) is 9.57 Å². The molecule has 1 fully saturated rings. The number of benzene rings is 1. The van der Waals surface area contributed by atoms with Crippen molar-refractivity contribution in [1.29, 1.82) is 0 Å². The monoisotopic (exact) mass is 292 g/mol. The Morgan fingerprint density at radius 2 is 1.90 bits per heavy atom. The van der Waals surface area contributed by atoms with Gasteiger partial charge in [-0.25, -0.2) is 5.48 Å². The highest BCUT2D eigenvalue weighted by atomic mass is 16.6. The highest BCUT2D eigenvalue weighted by Gasteiger charge is 2.10. The van der Waals surface area contributed by atoms with Crippen LogP contribution >= 0.6 is 0 Å². The second-order valence-electron chi connectivity index (χ2n) is 5.19. The zero-order valence-electron chi connectivity index (χ0n) is 12.4. The lowest BCUT2D eigenvalue weighted by Crippen LogP contribution is -2.30. The molecule has 0 spiro atoms. The Hall–Kier alpha value is -1.59. The van der Waals surface area contributed by atoms with Gasteiger partial charge in [-0.1, -0.05) is 18.2 Å². The van der Waals surface area contributed by atoms with E-state index in [9.17, 15) is 4.79 Å². The molecule has 0 saturated carbocycles. The van der Waals surface area contributed by atoms with E-state index in [-0.39, 0.29) is 5.91 Å². The lowest BCUT2D eigenvalue weighted by molar-refractivity contribution is -0.134. The van der Waals surface area contributed by atoms with Crippen LogP contribution in [0.25, 0.3) is 0 Å². The maximum absolute atomic E-state index is 11.5. The minimum absolute atomic E-state index is 0.0897. The van der Waals surface area contributed by atoms with Gasteiger partial charge in [-0.3, -0.25) is 9.63 Å². The van der Waals surface area contributed by atoms with Crippen LogP contribution in [0.4, 0.5) is 0 Å². The third-order valence-corrected chi connectivity index (χ3v) is 3.45. The molecule has 1 saturated heterocycles. The van der Waals surface area contributed by atoms with E-state index >= 15 is 0 Å². The van der Waals surface area contributed by atoms with Gasteiger partial charge in [0, 0.05) is 13.0 Å². The second-order valence-corrected chi connectivity index (χ2v) is 5.19. The smallest absolute Gasteiger partial charge is 0.243 e. The molecule has 21 heavy (non-hydrogen) atoms. The molecule has 116 valence electrons.